The highest BCUT2D eigenvalue weighted by Gasteiger charge is 2.19. The molecule has 0 spiro atoms. The quantitative estimate of drug-likeness (QED) is 0.0261. The SMILES string of the molecule is CC/C=C\C/C=C\C/C=C\C/C=C\C/C=C\C/C=C\CCC(=O)OCC(COC(=O)CCCCCCCCCCCCCCCCCCCCCCCC)OC(=O)CCCCCCC/C=C\C/C=C\C/C=C\C/C=C\C/C=C\CC. The molecule has 0 N–H and O–H groups in total. The van der Waals surface area contributed by atoms with Gasteiger partial charge in [-0.15, -0.1) is 0 Å². The van der Waals surface area contributed by atoms with Crippen molar-refractivity contribution in [1.82, 2.24) is 0 Å². The number of ether oxygens (including phenoxy) is 3. The molecule has 0 fully saturated rings. The maximum absolute atomic E-state index is 12.9. The van der Waals surface area contributed by atoms with E-state index in [4.69, 9.17) is 14.2 Å². The Balaban J connectivity index is 4.50. The molecule has 454 valence electrons. The Hall–Kier alpha value is -4.45. The summed E-state index contributed by atoms with van der Waals surface area (Å²) in [6.45, 7) is 6.36. The molecule has 0 saturated carbocycles. The van der Waals surface area contributed by atoms with Gasteiger partial charge in [-0.2, -0.15) is 0 Å². The van der Waals surface area contributed by atoms with Crippen molar-refractivity contribution < 1.29 is 28.6 Å². The number of allylic oxidation sites excluding steroid dienone is 22. The minimum atomic E-state index is -0.825. The first kappa shape index (κ1) is 75.5. The van der Waals surface area contributed by atoms with E-state index in [1.165, 1.54) is 122 Å². The molecule has 80 heavy (non-hydrogen) atoms. The molecule has 0 bridgehead atoms. The first-order valence-corrected chi connectivity index (χ1v) is 33.2. The topological polar surface area (TPSA) is 78.9 Å². The molecule has 0 aromatic heterocycles. The van der Waals surface area contributed by atoms with Gasteiger partial charge >= 0.3 is 17.9 Å². The van der Waals surface area contributed by atoms with Gasteiger partial charge in [0.15, 0.2) is 6.10 Å². The maximum Gasteiger partial charge on any atom is 0.306 e. The molecule has 0 aliphatic rings. The summed E-state index contributed by atoms with van der Waals surface area (Å²) < 4.78 is 16.9. The Morgan fingerprint density at radius 1 is 0.263 bits per heavy atom. The van der Waals surface area contributed by atoms with Crippen LogP contribution in [-0.4, -0.2) is 37.2 Å². The minimum Gasteiger partial charge on any atom is -0.462 e. The standard InChI is InChI=1S/C74H122O6/c1-4-7-10-13-16-19-22-25-28-31-34-36-38-40-43-46-49-52-55-58-61-64-67-73(76)79-70-71(69-78-72(75)66-63-60-57-54-51-48-45-42-39-33-30-27-24-21-18-15-12-9-6-3)80-74(77)68-65-62-59-56-53-50-47-44-41-37-35-32-29-26-23-20-17-14-11-8-5-2/h8-9,11-12,17-18,20-21,26-27,29-30,35,37,39,42,44,47-48,51,57,60,71H,4-7,10,13-16,19,22-25,28,31-34,36,38,40-41,43,45-46,49-50,52-56,58-59,61-70H2,1-3H3/b11-8-,12-9-,20-17-,21-18-,29-26-,30-27-,37-35-,42-39-,47-44-,51-48-,60-57-. The van der Waals surface area contributed by atoms with Crippen LogP contribution in [0.5, 0.6) is 0 Å². The number of hydrogen-bond acceptors (Lipinski definition) is 6. The average Bonchev–Trinajstić information content (AvgIpc) is 3.46. The molecule has 1 unspecified atom stereocenters. The van der Waals surface area contributed by atoms with Crippen LogP contribution in [0.2, 0.25) is 0 Å². The lowest BCUT2D eigenvalue weighted by molar-refractivity contribution is -0.166. The van der Waals surface area contributed by atoms with E-state index in [9.17, 15) is 14.4 Å². The number of unbranched alkanes of at least 4 members (excludes halogenated alkanes) is 26. The fraction of sp³-hybridized carbons (Fsp3) is 0.662. The van der Waals surface area contributed by atoms with E-state index in [2.05, 4.69) is 148 Å². The Labute approximate surface area is 494 Å². The second-order valence-corrected chi connectivity index (χ2v) is 21.6. The van der Waals surface area contributed by atoms with E-state index in [1.807, 2.05) is 6.08 Å². The number of hydrogen-bond donors (Lipinski definition) is 0. The molecule has 0 saturated heterocycles. The van der Waals surface area contributed by atoms with Crippen LogP contribution < -0.4 is 0 Å². The zero-order valence-corrected chi connectivity index (χ0v) is 52.0. The van der Waals surface area contributed by atoms with Gasteiger partial charge in [-0.25, -0.2) is 0 Å². The molecule has 1 atom stereocenters. The van der Waals surface area contributed by atoms with Crippen molar-refractivity contribution in [2.75, 3.05) is 13.2 Å². The van der Waals surface area contributed by atoms with Crippen LogP contribution in [-0.2, 0) is 28.6 Å². The first-order valence-electron chi connectivity index (χ1n) is 33.2. The summed E-state index contributed by atoms with van der Waals surface area (Å²) in [7, 11) is 0. The highest BCUT2D eigenvalue weighted by Crippen LogP contribution is 2.17. The van der Waals surface area contributed by atoms with Gasteiger partial charge in [0, 0.05) is 19.3 Å². The lowest BCUT2D eigenvalue weighted by Gasteiger charge is -2.18. The van der Waals surface area contributed by atoms with Crippen molar-refractivity contribution in [2.45, 2.75) is 303 Å². The van der Waals surface area contributed by atoms with Gasteiger partial charge in [-0.1, -0.05) is 309 Å². The predicted molar refractivity (Wildman–Crippen MR) is 348 cm³/mol. The summed E-state index contributed by atoms with van der Waals surface area (Å²) >= 11 is 0. The molecule has 6 heteroatoms. The predicted octanol–water partition coefficient (Wildman–Crippen LogP) is 22.9. The maximum atomic E-state index is 12.9. The van der Waals surface area contributed by atoms with E-state index in [1.54, 1.807) is 0 Å². The molecular weight excluding hydrogens is 985 g/mol. The van der Waals surface area contributed by atoms with Gasteiger partial charge in [0.05, 0.1) is 0 Å². The second kappa shape index (κ2) is 67.1. The molecule has 0 aliphatic carbocycles. The van der Waals surface area contributed by atoms with Crippen LogP contribution in [0.4, 0.5) is 0 Å². The van der Waals surface area contributed by atoms with Crippen molar-refractivity contribution in [3.05, 3.63) is 134 Å². The first-order chi connectivity index (χ1) is 39.5. The van der Waals surface area contributed by atoms with E-state index in [-0.39, 0.29) is 44.0 Å². The molecule has 0 aromatic rings. The summed E-state index contributed by atoms with van der Waals surface area (Å²) in [6, 6.07) is 0. The number of carbonyl (C=O) groups is 3. The van der Waals surface area contributed by atoms with E-state index < -0.39 is 6.10 Å². The van der Waals surface area contributed by atoms with Gasteiger partial charge in [0.25, 0.3) is 0 Å². The smallest absolute Gasteiger partial charge is 0.306 e. The monoisotopic (exact) mass is 1110 g/mol. The van der Waals surface area contributed by atoms with Gasteiger partial charge in [-0.05, 0) is 103 Å². The Morgan fingerprint density at radius 3 is 0.838 bits per heavy atom. The normalized spacial score (nSPS) is 13.0. The van der Waals surface area contributed by atoms with Gasteiger partial charge in [0.1, 0.15) is 13.2 Å². The molecule has 6 nitrogen and oxygen atoms in total. The van der Waals surface area contributed by atoms with Crippen LogP contribution in [0.3, 0.4) is 0 Å². The van der Waals surface area contributed by atoms with Crippen molar-refractivity contribution in [3.63, 3.8) is 0 Å². The highest BCUT2D eigenvalue weighted by molar-refractivity contribution is 5.71. The van der Waals surface area contributed by atoms with Gasteiger partial charge in [-0.3, -0.25) is 14.4 Å². The third-order valence-electron chi connectivity index (χ3n) is 13.9. The van der Waals surface area contributed by atoms with Crippen LogP contribution in [0.25, 0.3) is 0 Å². The lowest BCUT2D eigenvalue weighted by atomic mass is 10.0. The number of carbonyl (C=O) groups excluding carboxylic acids is 3. The van der Waals surface area contributed by atoms with E-state index in [0.29, 0.717) is 12.8 Å². The molecule has 0 aromatic carbocycles. The fourth-order valence-corrected chi connectivity index (χ4v) is 9.03. The van der Waals surface area contributed by atoms with Crippen LogP contribution in [0.15, 0.2) is 134 Å². The molecule has 0 radical (unpaired) electrons. The largest absolute Gasteiger partial charge is 0.462 e. The molecular formula is C74H122O6. The van der Waals surface area contributed by atoms with Gasteiger partial charge in [0.2, 0.25) is 0 Å². The molecule has 0 aliphatic heterocycles. The molecule has 0 amide bonds. The van der Waals surface area contributed by atoms with Gasteiger partial charge < -0.3 is 14.2 Å². The second-order valence-electron chi connectivity index (χ2n) is 21.6. The van der Waals surface area contributed by atoms with Crippen molar-refractivity contribution >= 4 is 17.9 Å². The minimum absolute atomic E-state index is 0.111. The van der Waals surface area contributed by atoms with Crippen LogP contribution in [0, 0.1) is 0 Å². The Kier molecular flexibility index (Phi) is 63.3. The summed E-state index contributed by atoms with van der Waals surface area (Å²) in [4.78, 5) is 38.4. The van der Waals surface area contributed by atoms with Crippen LogP contribution >= 0.6 is 0 Å². The zero-order chi connectivity index (χ0) is 57.8. The molecule has 0 rings (SSSR count). The Bertz CT molecular complexity index is 1700. The lowest BCUT2D eigenvalue weighted by Crippen LogP contribution is -2.30. The van der Waals surface area contributed by atoms with Crippen molar-refractivity contribution in [3.8, 4) is 0 Å². The molecule has 0 heterocycles. The zero-order valence-electron chi connectivity index (χ0n) is 52.0. The third kappa shape index (κ3) is 64.4. The fourth-order valence-electron chi connectivity index (χ4n) is 9.03. The van der Waals surface area contributed by atoms with Crippen LogP contribution in [0.1, 0.15) is 297 Å². The number of rotatable bonds is 59. The van der Waals surface area contributed by atoms with Crippen molar-refractivity contribution in [1.29, 1.82) is 0 Å². The number of esters is 3. The van der Waals surface area contributed by atoms with E-state index in [0.717, 1.165) is 128 Å². The summed E-state index contributed by atoms with van der Waals surface area (Å²) in [5.41, 5.74) is 0. The van der Waals surface area contributed by atoms with Crippen molar-refractivity contribution in [2.24, 2.45) is 0 Å². The average molecular weight is 1110 g/mol. The van der Waals surface area contributed by atoms with E-state index >= 15 is 0 Å². The highest BCUT2D eigenvalue weighted by atomic mass is 16.6. The summed E-state index contributed by atoms with van der Waals surface area (Å²) in [6.07, 6.45) is 94.7. The third-order valence-corrected chi connectivity index (χ3v) is 13.9. The summed E-state index contributed by atoms with van der Waals surface area (Å²) in [5.74, 6) is -1.01. The summed E-state index contributed by atoms with van der Waals surface area (Å²) in [5, 5.41) is 0. The Morgan fingerprint density at radius 2 is 0.512 bits per heavy atom.